The van der Waals surface area contributed by atoms with Crippen LogP contribution in [0.5, 0.6) is 0 Å². The highest BCUT2D eigenvalue weighted by Gasteiger charge is 2.30. The summed E-state index contributed by atoms with van der Waals surface area (Å²) in [5.41, 5.74) is 0. The highest BCUT2D eigenvalue weighted by Crippen LogP contribution is 2.45. The summed E-state index contributed by atoms with van der Waals surface area (Å²) in [4.78, 5) is 73.1. The van der Waals surface area contributed by atoms with Gasteiger partial charge in [0.25, 0.3) is 0 Å². The molecule has 102 heavy (non-hydrogen) atoms. The van der Waals surface area contributed by atoms with Crippen LogP contribution in [0.25, 0.3) is 0 Å². The number of hydrogen-bond acceptors (Lipinski definition) is 15. The second-order valence-corrected chi connectivity index (χ2v) is 34.2. The molecular formula is C83H162O17P2. The quantitative estimate of drug-likeness (QED) is 0.0222. The van der Waals surface area contributed by atoms with Crippen molar-refractivity contribution in [2.24, 2.45) is 17.8 Å². The first-order valence-corrected chi connectivity index (χ1v) is 45.8. The van der Waals surface area contributed by atoms with Gasteiger partial charge in [-0.1, -0.05) is 382 Å². The molecule has 0 saturated heterocycles. The Morgan fingerprint density at radius 1 is 0.265 bits per heavy atom. The van der Waals surface area contributed by atoms with Gasteiger partial charge in [-0.3, -0.25) is 37.3 Å². The fourth-order valence-electron chi connectivity index (χ4n) is 12.8. The van der Waals surface area contributed by atoms with Crippen LogP contribution >= 0.6 is 15.6 Å². The van der Waals surface area contributed by atoms with E-state index in [1.54, 1.807) is 0 Å². The number of ether oxygens (including phenoxy) is 4. The van der Waals surface area contributed by atoms with Crippen molar-refractivity contribution in [3.8, 4) is 0 Å². The van der Waals surface area contributed by atoms with E-state index in [1.165, 1.54) is 244 Å². The van der Waals surface area contributed by atoms with Crippen LogP contribution in [0, 0.1) is 17.8 Å². The van der Waals surface area contributed by atoms with E-state index in [2.05, 4.69) is 48.5 Å². The number of phosphoric ester groups is 2. The molecule has 5 atom stereocenters. The van der Waals surface area contributed by atoms with Gasteiger partial charge in [0, 0.05) is 25.7 Å². The fourth-order valence-corrected chi connectivity index (χ4v) is 14.4. The highest BCUT2D eigenvalue weighted by atomic mass is 31.2. The zero-order valence-corrected chi connectivity index (χ0v) is 68.9. The third kappa shape index (κ3) is 76.3. The van der Waals surface area contributed by atoms with Crippen LogP contribution in [0.1, 0.15) is 434 Å². The number of phosphoric acid groups is 2. The van der Waals surface area contributed by atoms with Crippen LogP contribution in [-0.4, -0.2) is 96.7 Å². The van der Waals surface area contributed by atoms with Crippen molar-refractivity contribution >= 4 is 39.5 Å². The van der Waals surface area contributed by atoms with Gasteiger partial charge in [0.1, 0.15) is 19.3 Å². The van der Waals surface area contributed by atoms with Gasteiger partial charge in [0.15, 0.2) is 12.2 Å². The van der Waals surface area contributed by atoms with E-state index in [9.17, 15) is 43.2 Å². The van der Waals surface area contributed by atoms with Gasteiger partial charge in [-0.15, -0.1) is 0 Å². The second-order valence-electron chi connectivity index (χ2n) is 31.3. The monoisotopic (exact) mass is 1490 g/mol. The van der Waals surface area contributed by atoms with Gasteiger partial charge in [-0.05, 0) is 43.4 Å². The maximum Gasteiger partial charge on any atom is 0.472 e. The van der Waals surface area contributed by atoms with Crippen LogP contribution in [0.3, 0.4) is 0 Å². The number of carbonyl (C=O) groups excluding carboxylic acids is 4. The van der Waals surface area contributed by atoms with Crippen LogP contribution in [0.4, 0.5) is 0 Å². The zero-order valence-electron chi connectivity index (χ0n) is 67.1. The molecule has 19 heteroatoms. The normalized spacial score (nSPS) is 13.9. The van der Waals surface area contributed by atoms with Crippen molar-refractivity contribution in [3.63, 3.8) is 0 Å². The minimum Gasteiger partial charge on any atom is -0.462 e. The molecule has 17 nitrogen and oxygen atoms in total. The van der Waals surface area contributed by atoms with Crippen molar-refractivity contribution in [2.75, 3.05) is 39.6 Å². The minimum atomic E-state index is -4.96. The van der Waals surface area contributed by atoms with Crippen LogP contribution in [-0.2, 0) is 65.4 Å². The second kappa shape index (κ2) is 73.2. The Balaban J connectivity index is 5.26. The first kappa shape index (κ1) is 100. The maximum absolute atomic E-state index is 13.1. The molecule has 0 aromatic rings. The largest absolute Gasteiger partial charge is 0.472 e. The molecule has 0 rings (SSSR count). The number of aliphatic hydroxyl groups excluding tert-OH is 1. The van der Waals surface area contributed by atoms with Gasteiger partial charge < -0.3 is 33.8 Å². The van der Waals surface area contributed by atoms with E-state index in [0.29, 0.717) is 25.7 Å². The first-order chi connectivity index (χ1) is 49.2. The molecule has 2 unspecified atom stereocenters. The predicted octanol–water partition coefficient (Wildman–Crippen LogP) is 24.9. The summed E-state index contributed by atoms with van der Waals surface area (Å²) in [5, 5.41) is 10.7. The Hall–Kier alpha value is -1.94. The van der Waals surface area contributed by atoms with E-state index in [0.717, 1.165) is 108 Å². The molecule has 3 N–H and O–H groups in total. The standard InChI is InChI=1S/C83H162O17P2/c1-8-9-10-11-12-13-14-15-18-24-30-37-45-52-59-66-82(87)100-79(71-94-81(86)65-58-51-44-39-32-35-42-49-56-63-76(6)7)73-98-102(91,92)96-69-77(84)68-95-101(89,90)97-72-78(70-93-80(85)64-57-50-43-36-29-26-21-23-28-34-41-48-55-62-75(4)5)99-83(88)67-60-53-46-38-31-25-20-17-16-19-22-27-33-40-47-54-61-74(2)3/h74-79,84H,8-73H2,1-7H3,(H,89,90)(H,91,92)/t77-,78-,79-/m1/s1. The van der Waals surface area contributed by atoms with E-state index >= 15 is 0 Å². The number of carbonyl (C=O) groups is 4. The SMILES string of the molecule is CCCCCCCCCCCCCCCCCC(=O)O[C@H](COC(=O)CCCCCCCCCCCC(C)C)COP(=O)(O)OC[C@H](O)COP(=O)(O)OC[C@@H](COC(=O)CCCCCCCCCCCCCCCC(C)C)OC(=O)CCCCCCCCCCCCCCCCCCC(C)C. The molecule has 0 saturated carbocycles. The van der Waals surface area contributed by atoms with Crippen LogP contribution in [0.2, 0.25) is 0 Å². The summed E-state index contributed by atoms with van der Waals surface area (Å²) in [6.45, 7) is 12.0. The van der Waals surface area contributed by atoms with Crippen molar-refractivity contribution < 1.29 is 80.2 Å². The Bertz CT molecular complexity index is 1970. The minimum absolute atomic E-state index is 0.108. The molecule has 0 bridgehead atoms. The molecule has 0 aliphatic carbocycles. The molecule has 0 radical (unpaired) electrons. The molecule has 0 fully saturated rings. The molecule has 0 spiro atoms. The van der Waals surface area contributed by atoms with E-state index in [1.807, 2.05) is 0 Å². The first-order valence-electron chi connectivity index (χ1n) is 42.8. The zero-order chi connectivity index (χ0) is 75.1. The van der Waals surface area contributed by atoms with Crippen LogP contribution < -0.4 is 0 Å². The highest BCUT2D eigenvalue weighted by molar-refractivity contribution is 7.47. The average Bonchev–Trinajstić information content (AvgIpc) is 0.906. The lowest BCUT2D eigenvalue weighted by molar-refractivity contribution is -0.161. The van der Waals surface area contributed by atoms with Crippen molar-refractivity contribution in [1.82, 2.24) is 0 Å². The molecule has 0 aliphatic heterocycles. The Labute approximate surface area is 626 Å². The van der Waals surface area contributed by atoms with Gasteiger partial charge in [0.2, 0.25) is 0 Å². The lowest BCUT2D eigenvalue weighted by Gasteiger charge is -2.21. The summed E-state index contributed by atoms with van der Waals surface area (Å²) in [5.74, 6) is 0.238. The smallest absolute Gasteiger partial charge is 0.462 e. The van der Waals surface area contributed by atoms with Gasteiger partial charge in [0.05, 0.1) is 26.4 Å². The molecule has 0 aromatic heterocycles. The summed E-state index contributed by atoms with van der Waals surface area (Å²) >= 11 is 0. The molecule has 0 aromatic carbocycles. The van der Waals surface area contributed by atoms with Gasteiger partial charge >= 0.3 is 39.5 Å². The molecule has 0 amide bonds. The number of esters is 4. The Kier molecular flexibility index (Phi) is 71.8. The summed E-state index contributed by atoms with van der Waals surface area (Å²) in [6, 6.07) is 0. The molecule has 0 heterocycles. The number of hydrogen-bond donors (Lipinski definition) is 3. The Morgan fingerprint density at radius 2 is 0.451 bits per heavy atom. The van der Waals surface area contributed by atoms with Crippen molar-refractivity contribution in [3.05, 3.63) is 0 Å². The van der Waals surface area contributed by atoms with E-state index < -0.39 is 97.5 Å². The third-order valence-electron chi connectivity index (χ3n) is 19.4. The molecular weight excluding hydrogens is 1330 g/mol. The molecule has 0 aliphatic rings. The van der Waals surface area contributed by atoms with Gasteiger partial charge in [-0.25, -0.2) is 9.13 Å². The molecule has 606 valence electrons. The topological polar surface area (TPSA) is 237 Å². The summed E-state index contributed by atoms with van der Waals surface area (Å²) < 4.78 is 68.8. The number of aliphatic hydroxyl groups is 1. The number of rotatable bonds is 81. The third-order valence-corrected chi connectivity index (χ3v) is 21.3. The summed E-state index contributed by atoms with van der Waals surface area (Å²) in [7, 11) is -9.93. The van der Waals surface area contributed by atoms with Gasteiger partial charge in [-0.2, -0.15) is 0 Å². The number of unbranched alkanes of at least 4 members (excludes halogenated alkanes) is 49. The Morgan fingerprint density at radius 3 is 0.667 bits per heavy atom. The van der Waals surface area contributed by atoms with Crippen LogP contribution in [0.15, 0.2) is 0 Å². The van der Waals surface area contributed by atoms with E-state index in [4.69, 9.17) is 37.0 Å². The lowest BCUT2D eigenvalue weighted by Crippen LogP contribution is -2.30. The average molecular weight is 1490 g/mol. The fraction of sp³-hybridized carbons (Fsp3) is 0.952. The van der Waals surface area contributed by atoms with E-state index in [-0.39, 0.29) is 25.7 Å². The maximum atomic E-state index is 13.1. The predicted molar refractivity (Wildman–Crippen MR) is 418 cm³/mol. The lowest BCUT2D eigenvalue weighted by atomic mass is 10.0. The van der Waals surface area contributed by atoms with Crippen molar-refractivity contribution in [1.29, 1.82) is 0 Å². The summed E-state index contributed by atoms with van der Waals surface area (Å²) in [6.07, 6.45) is 62.3. The van der Waals surface area contributed by atoms with Crippen molar-refractivity contribution in [2.45, 2.75) is 452 Å².